The molecule has 1 saturated heterocycles. The zero-order chi connectivity index (χ0) is 17.1. The van der Waals surface area contributed by atoms with Crippen LogP contribution in [0.1, 0.15) is 29.5 Å². The predicted molar refractivity (Wildman–Crippen MR) is 93.3 cm³/mol. The van der Waals surface area contributed by atoms with Gasteiger partial charge in [-0.25, -0.2) is 9.97 Å². The number of carbonyl (C=O) groups excluding carboxylic acids is 1. The maximum absolute atomic E-state index is 12.6. The van der Waals surface area contributed by atoms with Crippen LogP contribution in [0.3, 0.4) is 0 Å². The first-order valence-electron chi connectivity index (χ1n) is 8.36. The summed E-state index contributed by atoms with van der Waals surface area (Å²) in [5.41, 5.74) is 3.18. The molecule has 1 fully saturated rings. The van der Waals surface area contributed by atoms with Crippen LogP contribution in [0.25, 0.3) is 0 Å². The van der Waals surface area contributed by atoms with Gasteiger partial charge in [-0.2, -0.15) is 0 Å². The van der Waals surface area contributed by atoms with Gasteiger partial charge in [-0.3, -0.25) is 4.79 Å². The molecule has 0 saturated carbocycles. The first-order valence-corrected chi connectivity index (χ1v) is 8.36. The summed E-state index contributed by atoms with van der Waals surface area (Å²) in [7, 11) is 0. The maximum Gasteiger partial charge on any atom is 0.316 e. The maximum atomic E-state index is 12.6. The van der Waals surface area contributed by atoms with Gasteiger partial charge in [0.15, 0.2) is 0 Å². The lowest BCUT2D eigenvalue weighted by Crippen LogP contribution is -2.41. The quantitative estimate of drug-likeness (QED) is 0.640. The SMILES string of the molecule is Cc1cc(C)c(OC(=O)C2CCCN(c3ncccn3)C2)c(C)c1. The lowest BCUT2D eigenvalue weighted by molar-refractivity contribution is -0.139. The van der Waals surface area contributed by atoms with Gasteiger partial charge < -0.3 is 9.64 Å². The molecular formula is C19H23N3O2. The molecule has 1 aromatic carbocycles. The number of anilines is 1. The average Bonchev–Trinajstić information content (AvgIpc) is 2.59. The van der Waals surface area contributed by atoms with Crippen LogP contribution >= 0.6 is 0 Å². The van der Waals surface area contributed by atoms with E-state index in [-0.39, 0.29) is 11.9 Å². The first-order chi connectivity index (χ1) is 11.5. The van der Waals surface area contributed by atoms with Gasteiger partial charge in [0.2, 0.25) is 5.95 Å². The summed E-state index contributed by atoms with van der Waals surface area (Å²) in [6.45, 7) is 7.48. The molecule has 1 aliphatic heterocycles. The number of hydrogen-bond acceptors (Lipinski definition) is 5. The Bertz CT molecular complexity index is 708. The number of nitrogens with zero attached hydrogens (tertiary/aromatic N) is 3. The minimum absolute atomic E-state index is 0.150. The van der Waals surface area contributed by atoms with Crippen LogP contribution in [0.15, 0.2) is 30.6 Å². The van der Waals surface area contributed by atoms with E-state index in [0.29, 0.717) is 18.2 Å². The third-order valence-corrected chi connectivity index (χ3v) is 4.40. The smallest absolute Gasteiger partial charge is 0.316 e. The average molecular weight is 325 g/mol. The number of aromatic nitrogens is 2. The monoisotopic (exact) mass is 325 g/mol. The second-order valence-electron chi connectivity index (χ2n) is 6.48. The third kappa shape index (κ3) is 3.55. The van der Waals surface area contributed by atoms with E-state index in [1.807, 2.05) is 32.9 Å². The summed E-state index contributed by atoms with van der Waals surface area (Å²) in [6.07, 6.45) is 5.22. The van der Waals surface area contributed by atoms with Crippen molar-refractivity contribution in [1.29, 1.82) is 0 Å². The van der Waals surface area contributed by atoms with Gasteiger partial charge in [-0.1, -0.05) is 17.7 Å². The summed E-state index contributed by atoms with van der Waals surface area (Å²) in [4.78, 5) is 23.3. The highest BCUT2D eigenvalue weighted by Crippen LogP contribution is 2.27. The molecule has 1 aromatic heterocycles. The van der Waals surface area contributed by atoms with Crippen LogP contribution in [0.2, 0.25) is 0 Å². The van der Waals surface area contributed by atoms with E-state index in [0.717, 1.165) is 30.5 Å². The number of esters is 1. The fourth-order valence-electron chi connectivity index (χ4n) is 3.32. The molecule has 2 aromatic rings. The topological polar surface area (TPSA) is 55.3 Å². The number of benzene rings is 1. The molecule has 0 aliphatic carbocycles. The van der Waals surface area contributed by atoms with Gasteiger partial charge in [0.25, 0.3) is 0 Å². The molecule has 1 aliphatic rings. The summed E-state index contributed by atoms with van der Waals surface area (Å²) in [6, 6.07) is 5.88. The number of piperidine rings is 1. The largest absolute Gasteiger partial charge is 0.426 e. The molecule has 0 amide bonds. The molecule has 5 nitrogen and oxygen atoms in total. The fraction of sp³-hybridized carbons (Fsp3) is 0.421. The molecule has 126 valence electrons. The fourth-order valence-corrected chi connectivity index (χ4v) is 3.32. The Hall–Kier alpha value is -2.43. The number of aryl methyl sites for hydroxylation is 3. The zero-order valence-corrected chi connectivity index (χ0v) is 14.5. The number of rotatable bonds is 3. The van der Waals surface area contributed by atoms with Crippen molar-refractivity contribution in [1.82, 2.24) is 9.97 Å². The summed E-state index contributed by atoms with van der Waals surface area (Å²) >= 11 is 0. The Morgan fingerprint density at radius 1 is 1.17 bits per heavy atom. The van der Waals surface area contributed by atoms with Crippen LogP contribution < -0.4 is 9.64 Å². The molecule has 2 heterocycles. The Labute approximate surface area is 142 Å². The highest BCUT2D eigenvalue weighted by atomic mass is 16.5. The van der Waals surface area contributed by atoms with Crippen molar-refractivity contribution in [2.75, 3.05) is 18.0 Å². The van der Waals surface area contributed by atoms with Gasteiger partial charge in [0, 0.05) is 25.5 Å². The predicted octanol–water partition coefficient (Wildman–Crippen LogP) is 3.22. The summed E-state index contributed by atoms with van der Waals surface area (Å²) < 4.78 is 5.75. The van der Waals surface area contributed by atoms with Crippen LogP contribution in [0.4, 0.5) is 5.95 Å². The second kappa shape index (κ2) is 6.99. The normalized spacial score (nSPS) is 17.6. The van der Waals surface area contributed by atoms with Crippen LogP contribution in [-0.4, -0.2) is 29.0 Å². The molecule has 0 spiro atoms. The minimum atomic E-state index is -0.161. The Morgan fingerprint density at radius 3 is 2.50 bits per heavy atom. The Kier molecular flexibility index (Phi) is 4.79. The van der Waals surface area contributed by atoms with Gasteiger partial charge in [0.05, 0.1) is 5.92 Å². The minimum Gasteiger partial charge on any atom is -0.426 e. The van der Waals surface area contributed by atoms with Crippen molar-refractivity contribution < 1.29 is 9.53 Å². The van der Waals surface area contributed by atoms with Crippen molar-refractivity contribution in [3.8, 4) is 5.75 Å². The Morgan fingerprint density at radius 2 is 1.83 bits per heavy atom. The molecule has 1 atom stereocenters. The molecule has 1 unspecified atom stereocenters. The van der Waals surface area contributed by atoms with E-state index in [9.17, 15) is 4.79 Å². The molecule has 5 heteroatoms. The van der Waals surface area contributed by atoms with Gasteiger partial charge in [-0.05, 0) is 50.8 Å². The lowest BCUT2D eigenvalue weighted by atomic mass is 9.98. The molecule has 0 bridgehead atoms. The van der Waals surface area contributed by atoms with E-state index in [1.165, 1.54) is 5.56 Å². The highest BCUT2D eigenvalue weighted by molar-refractivity contribution is 5.77. The van der Waals surface area contributed by atoms with Gasteiger partial charge in [-0.15, -0.1) is 0 Å². The van der Waals surface area contributed by atoms with E-state index >= 15 is 0 Å². The van der Waals surface area contributed by atoms with E-state index in [4.69, 9.17) is 4.74 Å². The van der Waals surface area contributed by atoms with Crippen LogP contribution in [-0.2, 0) is 4.79 Å². The van der Waals surface area contributed by atoms with E-state index in [1.54, 1.807) is 18.5 Å². The summed E-state index contributed by atoms with van der Waals surface area (Å²) in [5, 5.41) is 0. The first kappa shape index (κ1) is 16.4. The molecule has 3 rings (SSSR count). The molecular weight excluding hydrogens is 302 g/mol. The molecule has 0 N–H and O–H groups in total. The van der Waals surface area contributed by atoms with Crippen LogP contribution in [0, 0.1) is 26.7 Å². The number of carbonyl (C=O) groups is 1. The Balaban J connectivity index is 1.71. The van der Waals surface area contributed by atoms with Crippen molar-refractivity contribution >= 4 is 11.9 Å². The standard InChI is InChI=1S/C19H23N3O2/c1-13-10-14(2)17(15(3)11-13)24-18(23)16-6-4-9-22(12-16)19-20-7-5-8-21-19/h5,7-8,10-11,16H,4,6,9,12H2,1-3H3. The number of hydrogen-bond donors (Lipinski definition) is 0. The van der Waals surface area contributed by atoms with Crippen molar-refractivity contribution in [2.24, 2.45) is 5.92 Å². The van der Waals surface area contributed by atoms with Crippen LogP contribution in [0.5, 0.6) is 5.75 Å². The molecule has 0 radical (unpaired) electrons. The lowest BCUT2D eigenvalue weighted by Gasteiger charge is -2.31. The van der Waals surface area contributed by atoms with E-state index < -0.39 is 0 Å². The second-order valence-corrected chi connectivity index (χ2v) is 6.48. The molecule has 24 heavy (non-hydrogen) atoms. The van der Waals surface area contributed by atoms with Gasteiger partial charge >= 0.3 is 5.97 Å². The number of ether oxygens (including phenoxy) is 1. The third-order valence-electron chi connectivity index (χ3n) is 4.40. The zero-order valence-electron chi connectivity index (χ0n) is 14.5. The summed E-state index contributed by atoms with van der Waals surface area (Å²) in [5.74, 6) is 1.06. The van der Waals surface area contributed by atoms with Gasteiger partial charge in [0.1, 0.15) is 5.75 Å². The van der Waals surface area contributed by atoms with Crippen molar-refractivity contribution in [3.63, 3.8) is 0 Å². The highest BCUT2D eigenvalue weighted by Gasteiger charge is 2.29. The van der Waals surface area contributed by atoms with Crippen molar-refractivity contribution in [2.45, 2.75) is 33.6 Å². The van der Waals surface area contributed by atoms with Crippen molar-refractivity contribution in [3.05, 3.63) is 47.3 Å². The van der Waals surface area contributed by atoms with E-state index in [2.05, 4.69) is 14.9 Å².